The fraction of sp³-hybridized carbons (Fsp3) is 0.407. The molecule has 0 saturated carbocycles. The van der Waals surface area contributed by atoms with Crippen molar-refractivity contribution in [2.24, 2.45) is 0 Å². The van der Waals surface area contributed by atoms with Crippen molar-refractivity contribution in [3.63, 3.8) is 0 Å². The standard InChI is InChI=1S/C27H29F3N2O6/c1-16-23(24(33)31-18-10-11-32(14-18)25(34)38-26(2,3)4)21-13-19(8-9-22(21)36-16)35-15-17-6-5-7-20(12-17)37-27(28,29)30/h5-9,12-13,18H,10-11,14-15H2,1-4H3,(H,31,33)/t18-/m0/s1. The van der Waals surface area contributed by atoms with E-state index in [1.807, 2.05) is 0 Å². The van der Waals surface area contributed by atoms with Crippen molar-refractivity contribution in [1.29, 1.82) is 0 Å². The van der Waals surface area contributed by atoms with E-state index in [9.17, 15) is 22.8 Å². The zero-order chi connectivity index (χ0) is 27.7. The predicted octanol–water partition coefficient (Wildman–Crippen LogP) is 5.96. The third-order valence-electron chi connectivity index (χ3n) is 5.78. The highest BCUT2D eigenvalue weighted by molar-refractivity contribution is 6.07. The highest BCUT2D eigenvalue weighted by Crippen LogP contribution is 2.30. The van der Waals surface area contributed by atoms with Gasteiger partial charge in [-0.25, -0.2) is 4.79 Å². The number of halogens is 3. The van der Waals surface area contributed by atoms with Crippen LogP contribution in [0, 0.1) is 6.92 Å². The molecule has 0 aliphatic carbocycles. The Morgan fingerprint density at radius 3 is 2.58 bits per heavy atom. The number of benzene rings is 2. The summed E-state index contributed by atoms with van der Waals surface area (Å²) in [7, 11) is 0. The minimum Gasteiger partial charge on any atom is -0.489 e. The number of alkyl halides is 3. The van der Waals surface area contributed by atoms with Gasteiger partial charge in [0.25, 0.3) is 5.91 Å². The van der Waals surface area contributed by atoms with Crippen LogP contribution in [-0.4, -0.2) is 48.0 Å². The lowest BCUT2D eigenvalue weighted by Crippen LogP contribution is -2.40. The second-order valence-electron chi connectivity index (χ2n) is 10.1. The zero-order valence-electron chi connectivity index (χ0n) is 21.5. The topological polar surface area (TPSA) is 90.2 Å². The van der Waals surface area contributed by atoms with Crippen LogP contribution in [0.4, 0.5) is 18.0 Å². The van der Waals surface area contributed by atoms with Crippen LogP contribution >= 0.6 is 0 Å². The number of ether oxygens (including phenoxy) is 3. The van der Waals surface area contributed by atoms with Crippen molar-refractivity contribution in [2.75, 3.05) is 13.1 Å². The summed E-state index contributed by atoms with van der Waals surface area (Å²) in [6, 6.07) is 10.2. The number of rotatable bonds is 6. The van der Waals surface area contributed by atoms with Crippen molar-refractivity contribution in [2.45, 2.75) is 58.7 Å². The molecule has 0 unspecified atom stereocenters. The summed E-state index contributed by atoms with van der Waals surface area (Å²) in [6.07, 6.45) is -4.62. The van der Waals surface area contributed by atoms with Gasteiger partial charge in [0.1, 0.15) is 35.1 Å². The van der Waals surface area contributed by atoms with Crippen LogP contribution in [0.15, 0.2) is 46.9 Å². The zero-order valence-corrected chi connectivity index (χ0v) is 21.5. The van der Waals surface area contributed by atoms with Gasteiger partial charge in [0.2, 0.25) is 0 Å². The van der Waals surface area contributed by atoms with Crippen molar-refractivity contribution >= 4 is 23.0 Å². The first-order valence-corrected chi connectivity index (χ1v) is 12.1. The lowest BCUT2D eigenvalue weighted by atomic mass is 10.1. The Bertz CT molecular complexity index is 1330. The van der Waals surface area contributed by atoms with Gasteiger partial charge in [-0.05, 0) is 70.0 Å². The minimum absolute atomic E-state index is 0.0124. The Morgan fingerprint density at radius 1 is 1.11 bits per heavy atom. The SMILES string of the molecule is Cc1oc2ccc(OCc3cccc(OC(F)(F)F)c3)cc2c1C(=O)N[C@H]1CCN(C(=O)OC(C)(C)C)C1. The maximum Gasteiger partial charge on any atom is 0.573 e. The molecule has 8 nitrogen and oxygen atoms in total. The molecule has 3 aromatic rings. The van der Waals surface area contributed by atoms with E-state index in [1.54, 1.807) is 56.9 Å². The molecule has 11 heteroatoms. The number of fused-ring (bicyclic) bond motifs is 1. The number of nitrogens with one attached hydrogen (secondary N) is 1. The molecule has 1 aliphatic rings. The van der Waals surface area contributed by atoms with Gasteiger partial charge in [-0.15, -0.1) is 13.2 Å². The summed E-state index contributed by atoms with van der Waals surface area (Å²) in [6.45, 7) is 7.86. The van der Waals surface area contributed by atoms with E-state index in [-0.39, 0.29) is 24.3 Å². The first kappa shape index (κ1) is 27.2. The van der Waals surface area contributed by atoms with E-state index in [2.05, 4.69) is 10.1 Å². The monoisotopic (exact) mass is 534 g/mol. The molecule has 1 fully saturated rings. The molecule has 1 saturated heterocycles. The van der Waals surface area contributed by atoms with E-state index in [0.717, 1.165) is 0 Å². The van der Waals surface area contributed by atoms with Crippen LogP contribution in [0.1, 0.15) is 48.9 Å². The number of hydrogen-bond acceptors (Lipinski definition) is 6. The lowest BCUT2D eigenvalue weighted by molar-refractivity contribution is -0.274. The molecule has 1 N–H and O–H groups in total. The summed E-state index contributed by atoms with van der Waals surface area (Å²) in [5.74, 6) is 0.155. The first-order chi connectivity index (χ1) is 17.8. The number of carbonyl (C=O) groups is 2. The smallest absolute Gasteiger partial charge is 0.489 e. The van der Waals surface area contributed by atoms with Crippen molar-refractivity contribution in [3.8, 4) is 11.5 Å². The predicted molar refractivity (Wildman–Crippen MR) is 132 cm³/mol. The Hall–Kier alpha value is -3.89. The number of furan rings is 1. The van der Waals surface area contributed by atoms with Crippen molar-refractivity contribution in [1.82, 2.24) is 10.2 Å². The summed E-state index contributed by atoms with van der Waals surface area (Å²) in [5, 5.41) is 3.50. The Kier molecular flexibility index (Phi) is 7.48. The average molecular weight is 535 g/mol. The van der Waals surface area contributed by atoms with Gasteiger partial charge in [-0.1, -0.05) is 12.1 Å². The largest absolute Gasteiger partial charge is 0.573 e. The number of carbonyl (C=O) groups excluding carboxylic acids is 2. The molecule has 38 heavy (non-hydrogen) atoms. The Labute approximate surface area is 217 Å². The highest BCUT2D eigenvalue weighted by atomic mass is 19.4. The van der Waals surface area contributed by atoms with Crippen LogP contribution in [0.2, 0.25) is 0 Å². The second kappa shape index (κ2) is 10.5. The maximum atomic E-state index is 13.2. The number of amides is 2. The number of hydrogen-bond donors (Lipinski definition) is 1. The fourth-order valence-corrected chi connectivity index (χ4v) is 4.20. The second-order valence-corrected chi connectivity index (χ2v) is 10.1. The van der Waals surface area contributed by atoms with Gasteiger partial charge in [-0.3, -0.25) is 4.79 Å². The van der Waals surface area contributed by atoms with E-state index in [1.165, 1.54) is 18.2 Å². The van der Waals surface area contributed by atoms with E-state index < -0.39 is 18.1 Å². The van der Waals surface area contributed by atoms with Gasteiger partial charge in [0, 0.05) is 24.5 Å². The van der Waals surface area contributed by atoms with Crippen molar-refractivity contribution in [3.05, 3.63) is 59.4 Å². The van der Waals surface area contributed by atoms with Crippen LogP contribution < -0.4 is 14.8 Å². The van der Waals surface area contributed by atoms with E-state index >= 15 is 0 Å². The normalized spacial score (nSPS) is 16.0. The molecule has 2 aromatic carbocycles. The molecular formula is C27H29F3N2O6. The summed E-state index contributed by atoms with van der Waals surface area (Å²) < 4.78 is 58.4. The van der Waals surface area contributed by atoms with Crippen LogP contribution in [0.25, 0.3) is 11.0 Å². The molecule has 0 radical (unpaired) electrons. The maximum absolute atomic E-state index is 13.2. The lowest BCUT2D eigenvalue weighted by Gasteiger charge is -2.24. The van der Waals surface area contributed by atoms with Gasteiger partial charge in [0.15, 0.2) is 0 Å². The van der Waals surface area contributed by atoms with Crippen LogP contribution in [0.3, 0.4) is 0 Å². The van der Waals surface area contributed by atoms with Crippen LogP contribution in [-0.2, 0) is 11.3 Å². The molecule has 1 aromatic heterocycles. The Balaban J connectivity index is 1.43. The van der Waals surface area contributed by atoms with Gasteiger partial charge in [0.05, 0.1) is 5.56 Å². The van der Waals surface area contributed by atoms with Crippen molar-refractivity contribution < 1.29 is 41.4 Å². The number of likely N-dealkylation sites (tertiary alicyclic amines) is 1. The summed E-state index contributed by atoms with van der Waals surface area (Å²) in [5.41, 5.74) is 0.707. The van der Waals surface area contributed by atoms with E-state index in [4.69, 9.17) is 13.9 Å². The Morgan fingerprint density at radius 2 is 1.87 bits per heavy atom. The third-order valence-corrected chi connectivity index (χ3v) is 5.78. The molecule has 1 atom stereocenters. The molecule has 204 valence electrons. The highest BCUT2D eigenvalue weighted by Gasteiger charge is 2.32. The molecular weight excluding hydrogens is 505 g/mol. The first-order valence-electron chi connectivity index (χ1n) is 12.1. The van der Waals surface area contributed by atoms with Crippen LogP contribution in [0.5, 0.6) is 11.5 Å². The fourth-order valence-electron chi connectivity index (χ4n) is 4.20. The molecule has 2 heterocycles. The average Bonchev–Trinajstić information content (AvgIpc) is 3.39. The van der Waals surface area contributed by atoms with Gasteiger partial charge >= 0.3 is 12.5 Å². The number of aryl methyl sites for hydroxylation is 1. The molecule has 0 spiro atoms. The number of nitrogens with zero attached hydrogens (tertiary/aromatic N) is 1. The van der Waals surface area contributed by atoms with E-state index in [0.29, 0.717) is 53.1 Å². The van der Waals surface area contributed by atoms with Gasteiger partial charge < -0.3 is 28.8 Å². The summed E-state index contributed by atoms with van der Waals surface area (Å²) >= 11 is 0. The molecule has 1 aliphatic heterocycles. The molecule has 0 bridgehead atoms. The third kappa shape index (κ3) is 6.90. The quantitative estimate of drug-likeness (QED) is 0.420. The molecule has 2 amide bonds. The minimum atomic E-state index is -4.78. The molecule has 4 rings (SSSR count). The summed E-state index contributed by atoms with van der Waals surface area (Å²) in [4.78, 5) is 27.1. The van der Waals surface area contributed by atoms with Gasteiger partial charge in [-0.2, -0.15) is 0 Å².